The van der Waals surface area contributed by atoms with Crippen molar-refractivity contribution in [1.82, 2.24) is 10.4 Å². The Morgan fingerprint density at radius 3 is 1.70 bits per heavy atom. The van der Waals surface area contributed by atoms with E-state index in [4.69, 9.17) is 43.2 Å². The number of ether oxygens (including phenoxy) is 6. The maximum absolute atomic E-state index is 14.0. The molecular formula is C55H52N6O13. The molecule has 0 saturated carbocycles. The molecule has 5 aromatic carbocycles. The van der Waals surface area contributed by atoms with E-state index in [2.05, 4.69) is 5.32 Å². The van der Waals surface area contributed by atoms with E-state index in [0.29, 0.717) is 86.7 Å². The molecule has 0 radical (unpaired) electrons. The molecule has 5 aliphatic heterocycles. The molecule has 0 spiro atoms. The van der Waals surface area contributed by atoms with Crippen LogP contribution in [-0.4, -0.2) is 106 Å². The van der Waals surface area contributed by atoms with Crippen LogP contribution in [0.15, 0.2) is 101 Å². The van der Waals surface area contributed by atoms with E-state index >= 15 is 0 Å². The lowest BCUT2D eigenvalue weighted by Crippen LogP contribution is -2.37. The summed E-state index contributed by atoms with van der Waals surface area (Å²) in [4.78, 5) is 93.9. The maximum Gasteiger partial charge on any atom is 0.335 e. The van der Waals surface area contributed by atoms with Crippen LogP contribution >= 0.6 is 0 Å². The molecule has 0 unspecified atom stereocenters. The smallest absolute Gasteiger partial charge is 0.335 e. The SMILES string of the molecule is COc1cc2c(cc1OCc1cc(COc3cc4c(cc3OC)C(=O)N3c5ccccc5C[C@H]3C=N4)cc(OCCCC(=O)NCCOCCC(=O)ON3C(=O)CCC3=O)c1)N=C[C@@H]1Cc3ccccc3N1C2=O. The van der Waals surface area contributed by atoms with Gasteiger partial charge in [0.25, 0.3) is 23.6 Å². The predicted octanol–water partition coefficient (Wildman–Crippen LogP) is 6.73. The highest BCUT2D eigenvalue weighted by molar-refractivity contribution is 6.16. The Labute approximate surface area is 425 Å². The molecule has 1 N–H and O–H groups in total. The molecule has 5 aliphatic rings. The zero-order valence-electron chi connectivity index (χ0n) is 40.7. The van der Waals surface area contributed by atoms with E-state index in [1.807, 2.05) is 66.7 Å². The average molecular weight is 1010 g/mol. The number of nitrogens with one attached hydrogen (secondary N) is 1. The number of fused-ring (bicyclic) bond motifs is 8. The fourth-order valence-corrected chi connectivity index (χ4v) is 9.52. The van der Waals surface area contributed by atoms with Crippen molar-refractivity contribution in [3.05, 3.63) is 124 Å². The van der Waals surface area contributed by atoms with E-state index in [-0.39, 0.29) is 95.1 Å². The van der Waals surface area contributed by atoms with Crippen molar-refractivity contribution in [1.29, 1.82) is 0 Å². The second-order valence-electron chi connectivity index (χ2n) is 18.0. The van der Waals surface area contributed by atoms with Crippen LogP contribution in [-0.2, 0) is 54.8 Å². The van der Waals surface area contributed by atoms with Crippen LogP contribution < -0.4 is 38.8 Å². The molecule has 380 valence electrons. The zero-order chi connectivity index (χ0) is 51.3. The van der Waals surface area contributed by atoms with Gasteiger partial charge in [-0.05, 0) is 71.1 Å². The summed E-state index contributed by atoms with van der Waals surface area (Å²) < 4.78 is 36.0. The van der Waals surface area contributed by atoms with Crippen molar-refractivity contribution in [2.45, 2.75) is 70.2 Å². The van der Waals surface area contributed by atoms with Crippen LogP contribution in [0.4, 0.5) is 22.7 Å². The van der Waals surface area contributed by atoms with Gasteiger partial charge >= 0.3 is 5.97 Å². The molecule has 1 fully saturated rings. The van der Waals surface area contributed by atoms with Gasteiger partial charge in [0.15, 0.2) is 23.0 Å². The lowest BCUT2D eigenvalue weighted by molar-refractivity contribution is -0.198. The molecule has 2 atom stereocenters. The summed E-state index contributed by atoms with van der Waals surface area (Å²) in [5.74, 6) is -0.514. The van der Waals surface area contributed by atoms with Gasteiger partial charge in [0, 0.05) is 74.6 Å². The highest BCUT2D eigenvalue weighted by atomic mass is 16.7. The predicted molar refractivity (Wildman–Crippen MR) is 269 cm³/mol. The number of imide groups is 1. The van der Waals surface area contributed by atoms with Crippen molar-refractivity contribution < 1.29 is 62.0 Å². The van der Waals surface area contributed by atoms with Crippen molar-refractivity contribution in [2.24, 2.45) is 9.98 Å². The Bertz CT molecular complexity index is 2940. The number of hydroxylamine groups is 2. The van der Waals surface area contributed by atoms with E-state index in [1.54, 1.807) is 46.5 Å². The fourth-order valence-electron chi connectivity index (χ4n) is 9.52. The van der Waals surface area contributed by atoms with Gasteiger partial charge in [0.05, 0.1) is 75.0 Å². The molecule has 0 aliphatic carbocycles. The van der Waals surface area contributed by atoms with Gasteiger partial charge in [-0.1, -0.05) is 36.4 Å². The van der Waals surface area contributed by atoms with Gasteiger partial charge in [-0.3, -0.25) is 43.8 Å². The lowest BCUT2D eigenvalue weighted by atomic mass is 10.1. The second-order valence-corrected chi connectivity index (χ2v) is 18.0. The monoisotopic (exact) mass is 1000 g/mol. The van der Waals surface area contributed by atoms with Gasteiger partial charge < -0.3 is 38.6 Å². The van der Waals surface area contributed by atoms with Crippen molar-refractivity contribution in [3.8, 4) is 28.7 Å². The fraction of sp³-hybridized carbons (Fsp3) is 0.309. The number of methoxy groups -OCH3 is 2. The summed E-state index contributed by atoms with van der Waals surface area (Å²) in [6, 6.07) is 27.6. The molecule has 0 aromatic heterocycles. The lowest BCUT2D eigenvalue weighted by Gasteiger charge is -2.22. The van der Waals surface area contributed by atoms with Crippen LogP contribution in [0.2, 0.25) is 0 Å². The molecule has 1 saturated heterocycles. The number of rotatable bonds is 20. The van der Waals surface area contributed by atoms with E-state index in [9.17, 15) is 28.8 Å². The highest BCUT2D eigenvalue weighted by Crippen LogP contribution is 2.43. The quantitative estimate of drug-likeness (QED) is 0.0634. The van der Waals surface area contributed by atoms with Gasteiger partial charge in [-0.25, -0.2) is 4.79 Å². The van der Waals surface area contributed by atoms with Gasteiger partial charge in [0.2, 0.25) is 5.91 Å². The average Bonchev–Trinajstić information content (AvgIpc) is 4.03. The van der Waals surface area contributed by atoms with E-state index in [0.717, 1.165) is 22.5 Å². The topological polar surface area (TPSA) is 214 Å². The van der Waals surface area contributed by atoms with Gasteiger partial charge in [-0.2, -0.15) is 0 Å². The van der Waals surface area contributed by atoms with Crippen LogP contribution in [0.25, 0.3) is 0 Å². The molecular weight excluding hydrogens is 953 g/mol. The molecule has 5 amide bonds. The summed E-state index contributed by atoms with van der Waals surface area (Å²) in [5, 5.41) is 3.26. The molecule has 0 bridgehead atoms. The molecule has 5 heterocycles. The first-order chi connectivity index (χ1) is 36.0. The molecule has 10 rings (SSSR count). The third-order valence-electron chi connectivity index (χ3n) is 13.1. The Morgan fingerprint density at radius 1 is 0.622 bits per heavy atom. The summed E-state index contributed by atoms with van der Waals surface area (Å²) in [6.45, 7) is 0.612. The number of hydrogen-bond acceptors (Lipinski definition) is 15. The molecule has 5 aromatic rings. The van der Waals surface area contributed by atoms with Crippen LogP contribution in [0.3, 0.4) is 0 Å². The summed E-state index contributed by atoms with van der Waals surface area (Å²) in [5.41, 5.74) is 7.01. The Kier molecular flexibility index (Phi) is 14.3. The number of benzene rings is 5. The summed E-state index contributed by atoms with van der Waals surface area (Å²) in [6.07, 6.45) is 5.30. The molecule has 19 heteroatoms. The number of carbonyl (C=O) groups excluding carboxylic acids is 6. The van der Waals surface area contributed by atoms with Crippen LogP contribution in [0.1, 0.15) is 75.1 Å². The third-order valence-corrected chi connectivity index (χ3v) is 13.1. The van der Waals surface area contributed by atoms with Crippen molar-refractivity contribution >= 4 is 70.7 Å². The number of anilines is 2. The van der Waals surface area contributed by atoms with Gasteiger partial charge in [-0.15, -0.1) is 5.06 Å². The number of aliphatic imine (C=N–C) groups is 2. The molecule has 74 heavy (non-hydrogen) atoms. The standard InChI is InChI=1S/C55H52N6O13/c1-68-46-25-40-42(57-29-37-23-35-8-3-5-10-44(35)59(37)54(40)66)27-48(46)72-31-33-20-34(22-39(21-33)71-17-7-12-50(62)56-16-19-70-18-15-53(65)74-61-51(63)13-14-52(61)64)32-73-49-28-43-41(26-47(49)69-2)55(67)60-38(30-58-43)24-36-9-4-6-11-45(36)60/h3-6,8-11,20-22,25-30,37-38H,7,12-19,23-24,31-32H2,1-2H3,(H,56,62)/t37-,38-/m0/s1. The Balaban J connectivity index is 0.801. The van der Waals surface area contributed by atoms with Gasteiger partial charge in [0.1, 0.15) is 19.0 Å². The van der Waals surface area contributed by atoms with E-state index < -0.39 is 17.8 Å². The number of para-hydroxylation sites is 2. The number of amides is 5. The van der Waals surface area contributed by atoms with Crippen LogP contribution in [0, 0.1) is 0 Å². The second kappa shape index (κ2) is 21.6. The van der Waals surface area contributed by atoms with E-state index in [1.165, 1.54) is 14.2 Å². The number of nitrogens with zero attached hydrogens (tertiary/aromatic N) is 5. The first kappa shape index (κ1) is 49.0. The van der Waals surface area contributed by atoms with Crippen LogP contribution in [0.5, 0.6) is 28.7 Å². The Morgan fingerprint density at radius 2 is 1.16 bits per heavy atom. The summed E-state index contributed by atoms with van der Waals surface area (Å²) >= 11 is 0. The number of hydrogen-bond donors (Lipinski definition) is 1. The minimum Gasteiger partial charge on any atom is -0.494 e. The highest BCUT2D eigenvalue weighted by Gasteiger charge is 2.38. The summed E-state index contributed by atoms with van der Waals surface area (Å²) in [7, 11) is 3.03. The van der Waals surface area contributed by atoms with Crippen molar-refractivity contribution in [3.63, 3.8) is 0 Å². The molecule has 19 nitrogen and oxygen atoms in total. The minimum absolute atomic E-state index is 0.00637. The Hall–Kier alpha value is -8.58. The maximum atomic E-state index is 14.0. The zero-order valence-corrected chi connectivity index (χ0v) is 40.7. The normalized spacial score (nSPS) is 16.9. The first-order valence-corrected chi connectivity index (χ1v) is 24.3. The largest absolute Gasteiger partial charge is 0.494 e. The first-order valence-electron chi connectivity index (χ1n) is 24.3. The minimum atomic E-state index is -0.770. The third kappa shape index (κ3) is 10.4. The number of carbonyl (C=O) groups is 6. The van der Waals surface area contributed by atoms with Crippen molar-refractivity contribution in [2.75, 3.05) is 50.4 Å².